The second-order valence-corrected chi connectivity index (χ2v) is 41.6. The zero-order chi connectivity index (χ0) is 32.9. The van der Waals surface area contributed by atoms with E-state index in [0.717, 1.165) is 50.6 Å². The molecule has 0 saturated heterocycles. The molecule has 0 unspecified atom stereocenters. The second kappa shape index (κ2) is 19.0. The summed E-state index contributed by atoms with van der Waals surface area (Å²) in [5.41, 5.74) is 0. The van der Waals surface area contributed by atoms with E-state index in [1.807, 2.05) is 0 Å². The van der Waals surface area contributed by atoms with Gasteiger partial charge in [-0.25, -0.2) is 0 Å². The first kappa shape index (κ1) is 43.0. The minimum absolute atomic E-state index is 0.170. The van der Waals surface area contributed by atoms with Crippen molar-refractivity contribution in [2.24, 2.45) is 0 Å². The van der Waals surface area contributed by atoms with E-state index in [-0.39, 0.29) is 13.2 Å². The van der Waals surface area contributed by atoms with Crippen molar-refractivity contribution in [3.05, 3.63) is 0 Å². The van der Waals surface area contributed by atoms with Gasteiger partial charge in [-0.2, -0.15) is 0 Å². The van der Waals surface area contributed by atoms with Crippen LogP contribution in [0.25, 0.3) is 0 Å². The van der Waals surface area contributed by atoms with Crippen LogP contribution in [0.2, 0.25) is 104 Å². The number of ether oxygens (including phenoxy) is 2. The predicted octanol–water partition coefficient (Wildman–Crippen LogP) is 7.63. The van der Waals surface area contributed by atoms with Crippen LogP contribution >= 0.6 is 0 Å². The highest BCUT2D eigenvalue weighted by Crippen LogP contribution is 2.28. The minimum Gasteiger partial charge on any atom is -0.437 e. The van der Waals surface area contributed by atoms with Gasteiger partial charge in [-0.15, -0.1) is 0 Å². The van der Waals surface area contributed by atoms with Crippen LogP contribution in [-0.2, 0) is 25.9 Å². The summed E-state index contributed by atoms with van der Waals surface area (Å²) in [4.78, 5) is 0. The summed E-state index contributed by atoms with van der Waals surface area (Å²) >= 11 is 0. The lowest BCUT2D eigenvalue weighted by atomic mass is 10.2. The molecule has 0 aromatic carbocycles. The average Bonchev–Trinajstić information content (AvgIpc) is 2.73. The summed E-state index contributed by atoms with van der Waals surface area (Å²) in [6, 6.07) is 1.98. The molecule has 0 amide bonds. The number of hydrogen-bond donors (Lipinski definition) is 2. The lowest BCUT2D eigenvalue weighted by Gasteiger charge is -2.38. The normalized spacial score (nSPS) is 15.7. The highest BCUT2D eigenvalue weighted by molar-refractivity contribution is 6.88. The number of aliphatic hydroxyl groups excluding tert-OH is 2. The van der Waals surface area contributed by atoms with Crippen LogP contribution in [0.1, 0.15) is 38.5 Å². The first-order chi connectivity index (χ1) is 18.9. The third kappa shape index (κ3) is 23.3. The fourth-order valence-corrected chi connectivity index (χ4v) is 30.5. The Bertz CT molecular complexity index is 627. The van der Waals surface area contributed by atoms with Crippen molar-refractivity contribution >= 4 is 50.4 Å². The van der Waals surface area contributed by atoms with Crippen LogP contribution in [0.4, 0.5) is 0 Å². The molecule has 0 aliphatic heterocycles. The second-order valence-electron chi connectivity index (χ2n) is 15.9. The number of rotatable bonds is 25. The average molecular weight is 703 g/mol. The highest BCUT2D eigenvalue weighted by atomic mass is 28.5. The van der Waals surface area contributed by atoms with E-state index in [2.05, 4.69) is 91.7 Å². The van der Waals surface area contributed by atoms with Crippen LogP contribution in [-0.4, -0.2) is 99.2 Å². The Morgan fingerprint density at radius 2 is 0.667 bits per heavy atom. The van der Waals surface area contributed by atoms with E-state index >= 15 is 0 Å². The molecule has 0 aliphatic rings. The molecule has 0 spiro atoms. The zero-order valence-electron chi connectivity index (χ0n) is 30.0. The van der Waals surface area contributed by atoms with Gasteiger partial charge >= 0.3 is 17.1 Å². The van der Waals surface area contributed by atoms with Crippen LogP contribution < -0.4 is 0 Å². The van der Waals surface area contributed by atoms with Crippen molar-refractivity contribution in [1.29, 1.82) is 0 Å². The molecule has 0 heterocycles. The Morgan fingerprint density at radius 3 is 0.881 bits per heavy atom. The van der Waals surface area contributed by atoms with Gasteiger partial charge < -0.3 is 36.1 Å². The summed E-state index contributed by atoms with van der Waals surface area (Å²) in [6.45, 7) is 32.0. The summed E-state index contributed by atoms with van der Waals surface area (Å²) in [7, 11) is -11.2. The lowest BCUT2D eigenvalue weighted by Crippen LogP contribution is -2.52. The van der Waals surface area contributed by atoms with E-state index in [1.54, 1.807) is 0 Å². The Morgan fingerprint density at radius 1 is 0.405 bits per heavy atom. The van der Waals surface area contributed by atoms with Gasteiger partial charge in [0.2, 0.25) is 0 Å². The van der Waals surface area contributed by atoms with Crippen molar-refractivity contribution in [3.63, 3.8) is 0 Å². The van der Waals surface area contributed by atoms with Gasteiger partial charge in [-0.05, 0) is 117 Å². The predicted molar refractivity (Wildman–Crippen MR) is 192 cm³/mol. The fraction of sp³-hybridized carbons (Fsp3) is 1.00. The van der Waals surface area contributed by atoms with Gasteiger partial charge in [0.1, 0.15) is 12.2 Å². The molecule has 254 valence electrons. The maximum atomic E-state index is 9.92. The third-order valence-corrected chi connectivity index (χ3v) is 25.3. The molecule has 2 atom stereocenters. The standard InChI is InChI=1S/C28H70O8Si6/c1-37(2,3)33-41(13,34-38(4,5)6)23-19-15-17-21-31-27(25-29)28(26-30)32-22-18-16-20-24-42(14,35-39(7,8)9)36-40(10,11)12/h27-30H,15-26H2,1-14H3/t27-,28-/m1/s1. The highest BCUT2D eigenvalue weighted by Gasteiger charge is 2.40. The molecule has 0 rings (SSSR count). The third-order valence-electron chi connectivity index (χ3n) is 6.08. The molecular formula is C28H70O8Si6. The Hall–Kier alpha value is 0.981. The Kier molecular flexibility index (Phi) is 19.4. The molecule has 2 N–H and O–H groups in total. The van der Waals surface area contributed by atoms with Gasteiger partial charge in [0.05, 0.1) is 13.2 Å². The van der Waals surface area contributed by atoms with Gasteiger partial charge in [0.25, 0.3) is 0 Å². The molecule has 0 aliphatic carbocycles. The monoisotopic (exact) mass is 702 g/mol. The van der Waals surface area contributed by atoms with E-state index in [4.69, 9.17) is 25.9 Å². The van der Waals surface area contributed by atoms with Gasteiger partial charge in [-0.3, -0.25) is 0 Å². The van der Waals surface area contributed by atoms with E-state index in [9.17, 15) is 10.2 Å². The zero-order valence-corrected chi connectivity index (χ0v) is 36.0. The van der Waals surface area contributed by atoms with Crippen molar-refractivity contribution in [2.45, 2.75) is 154 Å². The summed E-state index contributed by atoms with van der Waals surface area (Å²) < 4.78 is 38.3. The maximum absolute atomic E-state index is 9.92. The number of hydrogen-bond acceptors (Lipinski definition) is 8. The molecule has 0 saturated carbocycles. The summed E-state index contributed by atoms with van der Waals surface area (Å²) in [6.07, 6.45) is 4.84. The minimum atomic E-state index is -2.21. The Labute approximate surface area is 266 Å². The van der Waals surface area contributed by atoms with Gasteiger partial charge in [-0.1, -0.05) is 25.7 Å². The SMILES string of the molecule is C[Si](C)(C)O[Si](C)(CCCCCO[C@H](CO)[C@@H](CO)OCCCCC[Si](C)(O[Si](C)(C)C)O[Si](C)(C)C)O[Si](C)(C)C. The molecule has 0 fully saturated rings. The van der Waals surface area contributed by atoms with Crippen molar-refractivity contribution in [1.82, 2.24) is 0 Å². The topological polar surface area (TPSA) is 95.8 Å². The number of unbranched alkanes of at least 4 members (excludes halogenated alkanes) is 4. The molecule has 0 radical (unpaired) electrons. The molecule has 14 heteroatoms. The van der Waals surface area contributed by atoms with E-state index in [0.29, 0.717) is 13.2 Å². The van der Waals surface area contributed by atoms with Crippen LogP contribution in [0.5, 0.6) is 0 Å². The van der Waals surface area contributed by atoms with E-state index in [1.165, 1.54) is 0 Å². The van der Waals surface area contributed by atoms with E-state index < -0.39 is 62.6 Å². The molecule has 0 aromatic rings. The van der Waals surface area contributed by atoms with Gasteiger partial charge in [0.15, 0.2) is 33.3 Å². The molecule has 0 bridgehead atoms. The molecule has 0 aromatic heterocycles. The molecule has 42 heavy (non-hydrogen) atoms. The first-order valence-electron chi connectivity index (χ1n) is 16.2. The fourth-order valence-electron chi connectivity index (χ4n) is 5.31. The number of aliphatic hydroxyl groups is 2. The van der Waals surface area contributed by atoms with Crippen molar-refractivity contribution < 1.29 is 36.1 Å². The van der Waals surface area contributed by atoms with Crippen LogP contribution in [0.3, 0.4) is 0 Å². The van der Waals surface area contributed by atoms with Crippen molar-refractivity contribution in [3.8, 4) is 0 Å². The van der Waals surface area contributed by atoms with Crippen molar-refractivity contribution in [2.75, 3.05) is 26.4 Å². The quantitative estimate of drug-likeness (QED) is 0.0741. The first-order valence-corrected chi connectivity index (χ1v) is 34.9. The Balaban J connectivity index is 4.55. The summed E-state index contributed by atoms with van der Waals surface area (Å²) in [5, 5.41) is 19.8. The van der Waals surface area contributed by atoms with Crippen LogP contribution in [0.15, 0.2) is 0 Å². The summed E-state index contributed by atoms with van der Waals surface area (Å²) in [5.74, 6) is 0. The molecular weight excluding hydrogens is 633 g/mol. The largest absolute Gasteiger partial charge is 0.437 e. The van der Waals surface area contributed by atoms with Crippen LogP contribution in [0, 0.1) is 0 Å². The van der Waals surface area contributed by atoms with Gasteiger partial charge in [0, 0.05) is 13.2 Å². The lowest BCUT2D eigenvalue weighted by molar-refractivity contribution is -0.110. The molecule has 8 nitrogen and oxygen atoms in total. The maximum Gasteiger partial charge on any atom is 0.314 e. The smallest absolute Gasteiger partial charge is 0.314 e.